The number of rotatable bonds is 1. The van der Waals surface area contributed by atoms with E-state index in [-0.39, 0.29) is 34.8 Å². The van der Waals surface area contributed by atoms with Gasteiger partial charge in [0.05, 0.1) is 6.10 Å². The Balaban J connectivity index is 1.74. The fraction of sp³-hybridized carbons (Fsp3) is 0.800. The first-order chi connectivity index (χ1) is 11.4. The fourth-order valence-corrected chi connectivity index (χ4v) is 6.71. The summed E-state index contributed by atoms with van der Waals surface area (Å²) in [7, 11) is 0. The summed E-state index contributed by atoms with van der Waals surface area (Å²) in [6.45, 7) is 3.76. The van der Waals surface area contributed by atoms with Crippen LogP contribution >= 0.6 is 0 Å². The van der Waals surface area contributed by atoms with E-state index in [9.17, 15) is 14.7 Å². The molecule has 4 nitrogen and oxygen atoms in total. The number of aliphatic hydroxyl groups is 1. The monoisotopic (exact) mass is 332 g/mol. The van der Waals surface area contributed by atoms with Crippen LogP contribution in [0.3, 0.4) is 0 Å². The zero-order valence-electron chi connectivity index (χ0n) is 14.7. The fourth-order valence-electron chi connectivity index (χ4n) is 6.71. The van der Waals surface area contributed by atoms with E-state index in [0.29, 0.717) is 18.3 Å². The molecule has 6 atom stereocenters. The summed E-state index contributed by atoms with van der Waals surface area (Å²) in [6.07, 6.45) is 8.45. The lowest BCUT2D eigenvalue weighted by Crippen LogP contribution is -2.44. The molecule has 1 N–H and O–H groups in total. The first-order valence-corrected chi connectivity index (χ1v) is 9.47. The van der Waals surface area contributed by atoms with Crippen LogP contribution in [0.5, 0.6) is 0 Å². The third-order valence-electron chi connectivity index (χ3n) is 7.77. The minimum absolute atomic E-state index is 0.0272. The van der Waals surface area contributed by atoms with Gasteiger partial charge in [-0.15, -0.1) is 0 Å². The molecule has 0 aromatic heterocycles. The molecule has 1 spiro atoms. The highest BCUT2D eigenvalue weighted by atomic mass is 16.5. The summed E-state index contributed by atoms with van der Waals surface area (Å²) < 4.78 is 5.68. The molecule has 3 saturated carbocycles. The van der Waals surface area contributed by atoms with Gasteiger partial charge in [0, 0.05) is 24.2 Å². The Hall–Kier alpha value is -1.16. The molecule has 3 fully saturated rings. The number of carbonyl (C=O) groups is 2. The van der Waals surface area contributed by atoms with Crippen LogP contribution in [-0.2, 0) is 14.3 Å². The van der Waals surface area contributed by atoms with Crippen molar-refractivity contribution in [3.05, 3.63) is 11.6 Å². The number of allylic oxidation sites excluding steroid dienone is 1. The molecule has 6 unspecified atom stereocenters. The lowest BCUT2D eigenvalue weighted by Gasteiger charge is -2.45. The number of fused-ring (bicyclic) bond motifs is 2. The molecule has 132 valence electrons. The molecule has 0 saturated heterocycles. The van der Waals surface area contributed by atoms with Crippen molar-refractivity contribution in [3.8, 4) is 0 Å². The number of hydrogen-bond donors (Lipinski definition) is 1. The Morgan fingerprint density at radius 1 is 1.17 bits per heavy atom. The Morgan fingerprint density at radius 2 is 1.96 bits per heavy atom. The molecule has 4 heteroatoms. The first kappa shape index (κ1) is 16.3. The van der Waals surface area contributed by atoms with Crippen molar-refractivity contribution in [3.63, 3.8) is 0 Å². The molecule has 0 radical (unpaired) electrons. The summed E-state index contributed by atoms with van der Waals surface area (Å²) >= 11 is 0. The summed E-state index contributed by atoms with van der Waals surface area (Å²) in [4.78, 5) is 23.5. The molecular weight excluding hydrogens is 304 g/mol. The van der Waals surface area contributed by atoms with Crippen LogP contribution in [0.1, 0.15) is 65.2 Å². The largest absolute Gasteiger partial charge is 0.462 e. The van der Waals surface area contributed by atoms with Crippen molar-refractivity contribution in [1.82, 2.24) is 0 Å². The number of hydrogen-bond acceptors (Lipinski definition) is 4. The number of esters is 1. The Bertz CT molecular complexity index is 609. The van der Waals surface area contributed by atoms with Crippen molar-refractivity contribution in [2.24, 2.45) is 22.7 Å². The maximum Gasteiger partial charge on any atom is 0.302 e. The molecule has 4 aliphatic rings. The number of ether oxygens (including phenoxy) is 1. The van der Waals surface area contributed by atoms with E-state index in [1.165, 1.54) is 12.5 Å². The Kier molecular flexibility index (Phi) is 3.68. The number of aliphatic hydroxyl groups excluding tert-OH is 1. The predicted octanol–water partition coefficient (Wildman–Crippen LogP) is 3.17. The summed E-state index contributed by atoms with van der Waals surface area (Å²) in [5, 5.41) is 11.1. The lowest BCUT2D eigenvalue weighted by atomic mass is 9.60. The van der Waals surface area contributed by atoms with E-state index in [2.05, 4.69) is 6.92 Å². The highest BCUT2D eigenvalue weighted by molar-refractivity contribution is 5.91. The van der Waals surface area contributed by atoms with Crippen LogP contribution in [0.2, 0.25) is 0 Å². The van der Waals surface area contributed by atoms with Crippen molar-refractivity contribution in [2.75, 3.05) is 0 Å². The van der Waals surface area contributed by atoms with Gasteiger partial charge in [-0.05, 0) is 62.9 Å². The molecule has 0 bridgehead atoms. The van der Waals surface area contributed by atoms with Crippen LogP contribution in [0.25, 0.3) is 0 Å². The second-order valence-corrected chi connectivity index (χ2v) is 8.66. The predicted molar refractivity (Wildman–Crippen MR) is 89.1 cm³/mol. The minimum Gasteiger partial charge on any atom is -0.462 e. The van der Waals surface area contributed by atoms with Gasteiger partial charge in [-0.3, -0.25) is 9.59 Å². The molecule has 0 aromatic carbocycles. The van der Waals surface area contributed by atoms with E-state index in [4.69, 9.17) is 4.74 Å². The zero-order valence-corrected chi connectivity index (χ0v) is 14.7. The van der Waals surface area contributed by atoms with Gasteiger partial charge in [0.15, 0.2) is 5.78 Å². The van der Waals surface area contributed by atoms with E-state index < -0.39 is 0 Å². The van der Waals surface area contributed by atoms with Crippen LogP contribution < -0.4 is 0 Å². The van der Waals surface area contributed by atoms with Crippen LogP contribution in [0, 0.1) is 22.7 Å². The van der Waals surface area contributed by atoms with Gasteiger partial charge in [0.25, 0.3) is 0 Å². The van der Waals surface area contributed by atoms with Gasteiger partial charge in [-0.1, -0.05) is 12.5 Å². The highest BCUT2D eigenvalue weighted by Crippen LogP contribution is 2.66. The SMILES string of the molecule is CC(=O)OC1CCC2C3CCC4=CC(=O)CCC43C(O)CCC12C. The minimum atomic E-state index is -0.371. The van der Waals surface area contributed by atoms with E-state index in [0.717, 1.165) is 44.9 Å². The maximum absolute atomic E-state index is 11.9. The van der Waals surface area contributed by atoms with Crippen molar-refractivity contribution in [1.29, 1.82) is 0 Å². The van der Waals surface area contributed by atoms with Gasteiger partial charge >= 0.3 is 5.97 Å². The topological polar surface area (TPSA) is 63.6 Å². The van der Waals surface area contributed by atoms with Gasteiger partial charge < -0.3 is 9.84 Å². The molecule has 24 heavy (non-hydrogen) atoms. The van der Waals surface area contributed by atoms with E-state index >= 15 is 0 Å². The summed E-state index contributed by atoms with van der Waals surface area (Å²) in [5.74, 6) is 0.911. The van der Waals surface area contributed by atoms with Gasteiger partial charge in [0.2, 0.25) is 0 Å². The van der Waals surface area contributed by atoms with Gasteiger partial charge in [-0.2, -0.15) is 0 Å². The second-order valence-electron chi connectivity index (χ2n) is 8.66. The van der Waals surface area contributed by atoms with Gasteiger partial charge in [-0.25, -0.2) is 0 Å². The van der Waals surface area contributed by atoms with Gasteiger partial charge in [0.1, 0.15) is 6.10 Å². The van der Waals surface area contributed by atoms with Crippen molar-refractivity contribution < 1.29 is 19.4 Å². The van der Waals surface area contributed by atoms with Crippen molar-refractivity contribution in [2.45, 2.75) is 77.4 Å². The third-order valence-corrected chi connectivity index (χ3v) is 7.77. The summed E-state index contributed by atoms with van der Waals surface area (Å²) in [6, 6.07) is 0. The molecule has 0 aromatic rings. The lowest BCUT2D eigenvalue weighted by molar-refractivity contribution is -0.153. The number of carbonyl (C=O) groups excluding carboxylic acids is 2. The Labute approximate surface area is 143 Å². The molecule has 0 aliphatic heterocycles. The van der Waals surface area contributed by atoms with E-state index in [1.807, 2.05) is 6.08 Å². The molecule has 0 heterocycles. The maximum atomic E-state index is 11.9. The Morgan fingerprint density at radius 3 is 2.71 bits per heavy atom. The average molecular weight is 332 g/mol. The third kappa shape index (κ3) is 2.08. The van der Waals surface area contributed by atoms with E-state index in [1.54, 1.807) is 0 Å². The van der Waals surface area contributed by atoms with Crippen LogP contribution in [-0.4, -0.2) is 29.1 Å². The molecular formula is C20H28O4. The highest BCUT2D eigenvalue weighted by Gasteiger charge is 2.63. The molecule has 4 rings (SSSR count). The normalized spacial score (nSPS) is 47.3. The van der Waals surface area contributed by atoms with Crippen LogP contribution in [0.15, 0.2) is 11.6 Å². The first-order valence-electron chi connectivity index (χ1n) is 9.47. The standard InChI is InChI=1S/C20H28O4/c1-12(21)24-18-6-5-15-16-4-3-13-11-14(22)7-10-20(13,16)17(23)8-9-19(15,18)2/h11,15-18,23H,3-10H2,1-2H3. The molecule has 0 amide bonds. The number of ketones is 1. The second kappa shape index (κ2) is 5.42. The smallest absolute Gasteiger partial charge is 0.302 e. The average Bonchev–Trinajstić information content (AvgIpc) is 3.01. The molecule has 4 aliphatic carbocycles. The zero-order chi connectivity index (χ0) is 17.1. The van der Waals surface area contributed by atoms with Crippen LogP contribution in [0.4, 0.5) is 0 Å². The summed E-state index contributed by atoms with van der Waals surface area (Å²) in [5.41, 5.74) is 0.968. The van der Waals surface area contributed by atoms with Crippen molar-refractivity contribution >= 4 is 11.8 Å². The quantitative estimate of drug-likeness (QED) is 0.749.